The first kappa shape index (κ1) is 11.0. The molecule has 78 valence electrons. The van der Waals surface area contributed by atoms with Crippen LogP contribution in [0.5, 0.6) is 0 Å². The first-order valence-corrected chi connectivity index (χ1v) is 5.23. The molecule has 1 fully saturated rings. The second-order valence-electron chi connectivity index (χ2n) is 4.25. The number of likely N-dealkylation sites (tertiary alicyclic amines) is 1. The summed E-state index contributed by atoms with van der Waals surface area (Å²) < 4.78 is 0. The van der Waals surface area contributed by atoms with Gasteiger partial charge in [-0.2, -0.15) is 0 Å². The molecular formula is C10H22N2O. The average molecular weight is 186 g/mol. The minimum Gasteiger partial charge on any atom is -0.389 e. The molecule has 1 heterocycles. The summed E-state index contributed by atoms with van der Waals surface area (Å²) in [4.78, 5) is 2.26. The summed E-state index contributed by atoms with van der Waals surface area (Å²) in [6.07, 6.45) is 2.73. The normalized spacial score (nSPS) is 25.8. The van der Waals surface area contributed by atoms with Gasteiger partial charge in [-0.05, 0) is 38.8 Å². The molecule has 0 bridgehead atoms. The third-order valence-electron chi connectivity index (χ3n) is 3.39. The second kappa shape index (κ2) is 4.40. The Morgan fingerprint density at radius 2 is 2.00 bits per heavy atom. The Morgan fingerprint density at radius 3 is 2.38 bits per heavy atom. The van der Waals surface area contributed by atoms with E-state index in [-0.39, 0.29) is 5.92 Å². The summed E-state index contributed by atoms with van der Waals surface area (Å²) in [6, 6.07) is 0. The first-order chi connectivity index (χ1) is 6.12. The van der Waals surface area contributed by atoms with Crippen molar-refractivity contribution in [1.29, 1.82) is 0 Å². The zero-order valence-corrected chi connectivity index (χ0v) is 8.79. The predicted octanol–water partition coefficient (Wildman–Crippen LogP) is 0.428. The Balaban J connectivity index is 2.54. The lowest BCUT2D eigenvalue weighted by Crippen LogP contribution is -2.49. The van der Waals surface area contributed by atoms with Crippen LogP contribution in [0.2, 0.25) is 0 Å². The van der Waals surface area contributed by atoms with Crippen molar-refractivity contribution in [2.45, 2.75) is 31.8 Å². The van der Waals surface area contributed by atoms with E-state index < -0.39 is 5.60 Å². The third kappa shape index (κ3) is 2.42. The van der Waals surface area contributed by atoms with Gasteiger partial charge in [0, 0.05) is 13.1 Å². The molecule has 0 amide bonds. The molecule has 0 radical (unpaired) electrons. The number of hydrogen-bond donors (Lipinski definition) is 2. The molecule has 1 saturated heterocycles. The molecule has 0 aromatic rings. The van der Waals surface area contributed by atoms with Crippen LogP contribution in [0.3, 0.4) is 0 Å². The maximum Gasteiger partial charge on any atom is 0.0712 e. The minimum atomic E-state index is -0.490. The molecule has 1 aliphatic rings. The Labute approximate surface area is 80.9 Å². The molecule has 1 aliphatic heterocycles. The molecule has 3 nitrogen and oxygen atoms in total. The van der Waals surface area contributed by atoms with Crippen LogP contribution >= 0.6 is 0 Å². The highest BCUT2D eigenvalue weighted by Crippen LogP contribution is 2.30. The van der Waals surface area contributed by atoms with Crippen molar-refractivity contribution in [1.82, 2.24) is 4.90 Å². The number of rotatable bonds is 3. The number of nitrogens with two attached hydrogens (primary N) is 1. The van der Waals surface area contributed by atoms with Gasteiger partial charge in [-0.15, -0.1) is 0 Å². The lowest BCUT2D eigenvalue weighted by atomic mass is 9.78. The van der Waals surface area contributed by atoms with Crippen molar-refractivity contribution in [3.63, 3.8) is 0 Å². The largest absolute Gasteiger partial charge is 0.389 e. The van der Waals surface area contributed by atoms with Crippen molar-refractivity contribution in [3.8, 4) is 0 Å². The highest BCUT2D eigenvalue weighted by atomic mass is 16.3. The Kier molecular flexibility index (Phi) is 3.71. The molecular weight excluding hydrogens is 164 g/mol. The van der Waals surface area contributed by atoms with Crippen LogP contribution in [0.15, 0.2) is 0 Å². The Hall–Kier alpha value is -0.120. The summed E-state index contributed by atoms with van der Waals surface area (Å²) in [6.45, 7) is 4.70. The predicted molar refractivity (Wildman–Crippen MR) is 54.5 cm³/mol. The summed E-state index contributed by atoms with van der Waals surface area (Å²) in [5.41, 5.74) is 5.17. The highest BCUT2D eigenvalue weighted by Gasteiger charge is 2.37. The lowest BCUT2D eigenvalue weighted by Gasteiger charge is -2.41. The van der Waals surface area contributed by atoms with Crippen molar-refractivity contribution >= 4 is 0 Å². The zero-order valence-electron chi connectivity index (χ0n) is 8.79. The van der Waals surface area contributed by atoms with Gasteiger partial charge in [0.25, 0.3) is 0 Å². The summed E-state index contributed by atoms with van der Waals surface area (Å²) in [5, 5.41) is 10.3. The summed E-state index contributed by atoms with van der Waals surface area (Å²) >= 11 is 0. The van der Waals surface area contributed by atoms with Gasteiger partial charge in [0.05, 0.1) is 5.60 Å². The summed E-state index contributed by atoms with van der Waals surface area (Å²) in [7, 11) is 2.10. The molecule has 13 heavy (non-hydrogen) atoms. The fourth-order valence-electron chi connectivity index (χ4n) is 2.18. The van der Waals surface area contributed by atoms with E-state index in [0.29, 0.717) is 6.54 Å². The Morgan fingerprint density at radius 1 is 1.46 bits per heavy atom. The van der Waals surface area contributed by atoms with Gasteiger partial charge < -0.3 is 15.7 Å². The van der Waals surface area contributed by atoms with E-state index in [4.69, 9.17) is 5.73 Å². The van der Waals surface area contributed by atoms with Crippen molar-refractivity contribution < 1.29 is 5.11 Å². The van der Waals surface area contributed by atoms with Gasteiger partial charge in [0.15, 0.2) is 0 Å². The van der Waals surface area contributed by atoms with Crippen LogP contribution < -0.4 is 5.73 Å². The molecule has 0 spiro atoms. The van der Waals surface area contributed by atoms with Crippen LogP contribution in [0.25, 0.3) is 0 Å². The maximum atomic E-state index is 10.3. The molecule has 3 heteroatoms. The fourth-order valence-corrected chi connectivity index (χ4v) is 2.18. The SMILES string of the molecule is CCC(CN)C1(O)CCN(C)CC1. The first-order valence-electron chi connectivity index (χ1n) is 5.23. The lowest BCUT2D eigenvalue weighted by molar-refractivity contribution is -0.0615. The minimum absolute atomic E-state index is 0.279. The molecule has 0 saturated carbocycles. The number of piperidine rings is 1. The highest BCUT2D eigenvalue weighted by molar-refractivity contribution is 4.90. The van der Waals surface area contributed by atoms with Gasteiger partial charge in [-0.1, -0.05) is 6.92 Å². The molecule has 0 aromatic heterocycles. The van der Waals surface area contributed by atoms with Crippen LogP contribution in [0.4, 0.5) is 0 Å². The average Bonchev–Trinajstić information content (AvgIpc) is 2.13. The van der Waals surface area contributed by atoms with Crippen LogP contribution in [0, 0.1) is 5.92 Å². The molecule has 0 aliphatic carbocycles. The molecule has 1 rings (SSSR count). The fraction of sp³-hybridized carbons (Fsp3) is 1.00. The molecule has 0 aromatic carbocycles. The van der Waals surface area contributed by atoms with Crippen molar-refractivity contribution in [2.75, 3.05) is 26.7 Å². The summed E-state index contributed by atoms with van der Waals surface area (Å²) in [5.74, 6) is 0.279. The Bertz CT molecular complexity index is 149. The van der Waals surface area contributed by atoms with Gasteiger partial charge in [-0.25, -0.2) is 0 Å². The van der Waals surface area contributed by atoms with Crippen LogP contribution in [-0.2, 0) is 0 Å². The van der Waals surface area contributed by atoms with E-state index in [2.05, 4.69) is 18.9 Å². The van der Waals surface area contributed by atoms with Gasteiger partial charge in [0.1, 0.15) is 0 Å². The standard InChI is InChI=1S/C10H22N2O/c1-3-9(8-11)10(13)4-6-12(2)7-5-10/h9,13H,3-8,11H2,1-2H3. The van der Waals surface area contributed by atoms with E-state index in [9.17, 15) is 5.11 Å². The van der Waals surface area contributed by atoms with Crippen LogP contribution in [0.1, 0.15) is 26.2 Å². The maximum absolute atomic E-state index is 10.3. The van der Waals surface area contributed by atoms with E-state index in [1.807, 2.05) is 0 Å². The zero-order chi connectivity index (χ0) is 9.90. The number of aliphatic hydroxyl groups is 1. The molecule has 1 atom stereocenters. The van der Waals surface area contributed by atoms with E-state index in [1.165, 1.54) is 0 Å². The van der Waals surface area contributed by atoms with Crippen LogP contribution in [-0.4, -0.2) is 42.3 Å². The molecule has 3 N–H and O–H groups in total. The van der Waals surface area contributed by atoms with Gasteiger partial charge in [-0.3, -0.25) is 0 Å². The topological polar surface area (TPSA) is 49.5 Å². The monoisotopic (exact) mass is 186 g/mol. The van der Waals surface area contributed by atoms with Gasteiger partial charge in [0.2, 0.25) is 0 Å². The number of hydrogen-bond acceptors (Lipinski definition) is 3. The third-order valence-corrected chi connectivity index (χ3v) is 3.39. The quantitative estimate of drug-likeness (QED) is 0.672. The van der Waals surface area contributed by atoms with Crippen molar-refractivity contribution in [2.24, 2.45) is 11.7 Å². The van der Waals surface area contributed by atoms with Crippen molar-refractivity contribution in [3.05, 3.63) is 0 Å². The van der Waals surface area contributed by atoms with E-state index >= 15 is 0 Å². The second-order valence-corrected chi connectivity index (χ2v) is 4.25. The van der Waals surface area contributed by atoms with E-state index in [1.54, 1.807) is 0 Å². The smallest absolute Gasteiger partial charge is 0.0712 e. The number of nitrogens with zero attached hydrogens (tertiary/aromatic N) is 1. The van der Waals surface area contributed by atoms with E-state index in [0.717, 1.165) is 32.4 Å². The van der Waals surface area contributed by atoms with Gasteiger partial charge >= 0.3 is 0 Å². The molecule has 1 unspecified atom stereocenters.